The van der Waals surface area contributed by atoms with Crippen LogP contribution in [0.2, 0.25) is 0 Å². The van der Waals surface area contributed by atoms with E-state index in [1.165, 1.54) is 6.07 Å². The number of halogens is 1. The molecule has 0 fully saturated rings. The highest BCUT2D eigenvalue weighted by Crippen LogP contribution is 2.31. The lowest BCUT2D eigenvalue weighted by molar-refractivity contribution is 0.0985. The first-order valence-electron chi connectivity index (χ1n) is 4.07. The van der Waals surface area contributed by atoms with Crippen LogP contribution in [0.5, 0.6) is 11.5 Å². The summed E-state index contributed by atoms with van der Waals surface area (Å²) in [5, 5.41) is 9.52. The van der Waals surface area contributed by atoms with Crippen molar-refractivity contribution in [2.45, 2.75) is 13.3 Å². The monoisotopic (exact) mass is 324 g/mol. The molecule has 76 valence electrons. The minimum atomic E-state index is -0.0639. The fourth-order valence-corrected chi connectivity index (χ4v) is 2.02. The van der Waals surface area contributed by atoms with E-state index < -0.39 is 0 Å². The molecule has 0 saturated heterocycles. The molecule has 5 heteroatoms. The smallest absolute Gasteiger partial charge is 0.166 e. The fraction of sp³-hybridized carbons (Fsp3) is 0.222. The number of benzene rings is 1. The first kappa shape index (κ1) is 11.7. The van der Waals surface area contributed by atoms with Crippen molar-refractivity contribution in [3.05, 3.63) is 23.8 Å². The molecular weight excluding hydrogens is 314 g/mol. The molecule has 0 spiro atoms. The Morgan fingerprint density at radius 3 is 2.86 bits per heavy atom. The van der Waals surface area contributed by atoms with Gasteiger partial charge < -0.3 is 9.63 Å². The summed E-state index contributed by atoms with van der Waals surface area (Å²) in [4.78, 5) is 11.3. The van der Waals surface area contributed by atoms with Gasteiger partial charge in [0.1, 0.15) is 17.9 Å². The van der Waals surface area contributed by atoms with Crippen molar-refractivity contribution in [1.29, 1.82) is 0 Å². The van der Waals surface area contributed by atoms with Crippen molar-refractivity contribution < 1.29 is 14.4 Å². The maximum absolute atomic E-state index is 11.3. The Morgan fingerprint density at radius 2 is 2.36 bits per heavy atom. The number of phenolic OH excluding ortho intramolecular Hbond substituents is 1. The average Bonchev–Trinajstić information content (AvgIpc) is 2.17. The summed E-state index contributed by atoms with van der Waals surface area (Å²) in [5.74, 6) is 0.512. The molecule has 0 heterocycles. The summed E-state index contributed by atoms with van der Waals surface area (Å²) in [5.41, 5.74) is 0.358. The molecule has 1 aromatic carbocycles. The summed E-state index contributed by atoms with van der Waals surface area (Å²) in [6.45, 7) is 2.06. The number of phenols is 1. The number of carbonyl (C=O) groups excluding carboxylic acids is 1. The molecule has 0 amide bonds. The van der Waals surface area contributed by atoms with Crippen LogP contribution >= 0.6 is 28.5 Å². The Labute approximate surface area is 97.2 Å². The predicted molar refractivity (Wildman–Crippen MR) is 65.7 cm³/mol. The number of rotatable bonds is 4. The van der Waals surface area contributed by atoms with Crippen LogP contribution in [0.1, 0.15) is 23.7 Å². The minimum Gasteiger partial charge on any atom is -0.507 e. The van der Waals surface area contributed by atoms with Gasteiger partial charge in [0, 0.05) is 12.5 Å². The van der Waals surface area contributed by atoms with Gasteiger partial charge in [0.2, 0.25) is 0 Å². The van der Waals surface area contributed by atoms with Gasteiger partial charge in [0.15, 0.2) is 5.78 Å². The van der Waals surface area contributed by atoms with Crippen LogP contribution in [-0.2, 0) is 0 Å². The van der Waals surface area contributed by atoms with E-state index in [1.54, 1.807) is 19.1 Å². The number of aromatic hydroxyl groups is 1. The molecule has 0 aliphatic rings. The zero-order valence-corrected chi connectivity index (χ0v) is 10.7. The number of hydrogen-bond acceptors (Lipinski definition) is 3. The summed E-state index contributed by atoms with van der Waals surface area (Å²) in [7, 11) is 0. The van der Waals surface area contributed by atoms with E-state index in [0.29, 0.717) is 24.2 Å². The van der Waals surface area contributed by atoms with Gasteiger partial charge >= 0.3 is 0 Å². The van der Waals surface area contributed by atoms with E-state index in [-0.39, 0.29) is 11.5 Å². The van der Waals surface area contributed by atoms with Crippen LogP contribution < -0.4 is 4.52 Å². The van der Waals surface area contributed by atoms with Gasteiger partial charge in [-0.05, 0) is 34.2 Å². The van der Waals surface area contributed by atoms with Crippen LogP contribution in [0.4, 0.5) is 0 Å². The van der Waals surface area contributed by atoms with E-state index in [2.05, 4.69) is 22.0 Å². The van der Waals surface area contributed by atoms with Crippen LogP contribution in [0.25, 0.3) is 0 Å². The SMILES string of the molecule is CCC(=O)c1ccc(OPI)cc1O. The lowest BCUT2D eigenvalue weighted by Gasteiger charge is -2.05. The zero-order chi connectivity index (χ0) is 10.6. The van der Waals surface area contributed by atoms with Crippen LogP contribution in [0, 0.1) is 0 Å². The third-order valence-corrected chi connectivity index (χ3v) is 2.72. The third-order valence-electron chi connectivity index (χ3n) is 1.75. The van der Waals surface area contributed by atoms with Gasteiger partial charge in [0.05, 0.1) is 5.56 Å². The van der Waals surface area contributed by atoms with Crippen molar-refractivity contribution in [1.82, 2.24) is 0 Å². The maximum Gasteiger partial charge on any atom is 0.166 e. The predicted octanol–water partition coefficient (Wildman–Crippen LogP) is 3.31. The summed E-state index contributed by atoms with van der Waals surface area (Å²) < 4.78 is 5.20. The van der Waals surface area contributed by atoms with Crippen LogP contribution in [0.15, 0.2) is 18.2 Å². The van der Waals surface area contributed by atoms with Crippen molar-refractivity contribution in [2.75, 3.05) is 0 Å². The Balaban J connectivity index is 2.95. The number of hydrogen-bond donors (Lipinski definition) is 1. The number of ketones is 1. The largest absolute Gasteiger partial charge is 0.507 e. The molecule has 1 atom stereocenters. The normalized spacial score (nSPS) is 10.7. The summed E-state index contributed by atoms with van der Waals surface area (Å²) in [6.07, 6.45) is 0.391. The molecule has 0 aliphatic heterocycles. The Morgan fingerprint density at radius 1 is 1.64 bits per heavy atom. The highest BCUT2D eigenvalue weighted by atomic mass is 127. The molecule has 0 saturated carbocycles. The standard InChI is InChI=1S/C9H10IO3P/c1-2-8(11)7-4-3-6(13-14-10)5-9(7)12/h3-5,12,14H,2H2,1H3. The third kappa shape index (κ3) is 2.82. The van der Waals surface area contributed by atoms with E-state index in [1.807, 2.05) is 0 Å². The Bertz CT molecular complexity index is 341. The first-order chi connectivity index (χ1) is 6.69. The van der Waals surface area contributed by atoms with E-state index in [4.69, 9.17) is 4.52 Å². The Hall–Kier alpha value is -0.350. The van der Waals surface area contributed by atoms with Gasteiger partial charge in [-0.3, -0.25) is 4.79 Å². The lowest BCUT2D eigenvalue weighted by atomic mass is 10.1. The lowest BCUT2D eigenvalue weighted by Crippen LogP contribution is -1.96. The molecule has 0 radical (unpaired) electrons. The van der Waals surface area contributed by atoms with Crippen molar-refractivity contribution in [3.8, 4) is 11.5 Å². The molecule has 0 bridgehead atoms. The topological polar surface area (TPSA) is 46.5 Å². The van der Waals surface area contributed by atoms with Crippen LogP contribution in [-0.4, -0.2) is 10.9 Å². The highest BCUT2D eigenvalue weighted by molar-refractivity contribution is 14.2. The van der Waals surface area contributed by atoms with Gasteiger partial charge in [0.25, 0.3) is 0 Å². The highest BCUT2D eigenvalue weighted by Gasteiger charge is 2.09. The summed E-state index contributed by atoms with van der Waals surface area (Å²) in [6, 6.07) is 4.75. The minimum absolute atomic E-state index is 0.0102. The second-order valence-electron chi connectivity index (χ2n) is 2.63. The van der Waals surface area contributed by atoms with Crippen molar-refractivity contribution >= 4 is 34.3 Å². The second-order valence-corrected chi connectivity index (χ2v) is 4.31. The second kappa shape index (κ2) is 5.51. The number of Topliss-reactive ketones (excluding diaryl/α,β-unsaturated/α-hetero) is 1. The maximum atomic E-state index is 11.3. The molecule has 1 aromatic rings. The van der Waals surface area contributed by atoms with Crippen molar-refractivity contribution in [2.24, 2.45) is 0 Å². The van der Waals surface area contributed by atoms with Gasteiger partial charge in [-0.25, -0.2) is 0 Å². The van der Waals surface area contributed by atoms with Gasteiger partial charge in [-0.15, -0.1) is 0 Å². The van der Waals surface area contributed by atoms with E-state index >= 15 is 0 Å². The first-order valence-corrected chi connectivity index (χ1v) is 8.10. The average molecular weight is 324 g/mol. The van der Waals surface area contributed by atoms with Gasteiger partial charge in [-0.1, -0.05) is 6.92 Å². The molecular formula is C9H10IO3P. The summed E-state index contributed by atoms with van der Waals surface area (Å²) >= 11 is 2.09. The zero-order valence-electron chi connectivity index (χ0n) is 7.58. The quantitative estimate of drug-likeness (QED) is 0.525. The Kier molecular flexibility index (Phi) is 4.62. The molecule has 0 aromatic heterocycles. The number of carbonyl (C=O) groups is 1. The van der Waals surface area contributed by atoms with E-state index in [9.17, 15) is 9.90 Å². The molecule has 0 aliphatic carbocycles. The molecule has 1 N–H and O–H groups in total. The molecule has 1 rings (SSSR count). The molecule has 3 nitrogen and oxygen atoms in total. The molecule has 1 unspecified atom stereocenters. The molecule has 14 heavy (non-hydrogen) atoms. The van der Waals surface area contributed by atoms with Crippen LogP contribution in [0.3, 0.4) is 0 Å². The van der Waals surface area contributed by atoms with E-state index in [0.717, 1.165) is 0 Å². The fourth-order valence-electron chi connectivity index (χ4n) is 1.05. The van der Waals surface area contributed by atoms with Gasteiger partial charge in [-0.2, -0.15) is 0 Å². The van der Waals surface area contributed by atoms with Crippen molar-refractivity contribution in [3.63, 3.8) is 0 Å².